The van der Waals surface area contributed by atoms with E-state index in [2.05, 4.69) is 59.6 Å². The average Bonchev–Trinajstić information content (AvgIpc) is 3.37. The fourth-order valence-corrected chi connectivity index (χ4v) is 3.65. The molecule has 0 saturated carbocycles. The van der Waals surface area contributed by atoms with E-state index in [-0.39, 0.29) is 12.1 Å². The van der Waals surface area contributed by atoms with Crippen LogP contribution in [0.2, 0.25) is 0 Å². The smallest absolute Gasteiger partial charge is 0.0795 e. The number of aliphatic hydroxyl groups is 1. The molecule has 2 heterocycles. The van der Waals surface area contributed by atoms with Crippen LogP contribution in [0.3, 0.4) is 0 Å². The van der Waals surface area contributed by atoms with Gasteiger partial charge in [-0.05, 0) is 42.7 Å². The monoisotopic (exact) mass is 376 g/mol. The molecular formula is C23H28N4O. The SMILES string of the molecule is CC(NCc1ccc(CN2CCC(O)C2)cc1)c1ccn(-c2ccccc2)n1. The maximum atomic E-state index is 9.65. The predicted octanol–water partition coefficient (Wildman–Crippen LogP) is 3.29. The number of hydrogen-bond acceptors (Lipinski definition) is 4. The van der Waals surface area contributed by atoms with E-state index < -0.39 is 0 Å². The summed E-state index contributed by atoms with van der Waals surface area (Å²) in [4.78, 5) is 2.31. The van der Waals surface area contributed by atoms with Crippen LogP contribution in [0.15, 0.2) is 66.9 Å². The second kappa shape index (κ2) is 8.69. The van der Waals surface area contributed by atoms with E-state index in [4.69, 9.17) is 5.10 Å². The van der Waals surface area contributed by atoms with Crippen LogP contribution in [0, 0.1) is 0 Å². The number of nitrogens with zero attached hydrogens (tertiary/aromatic N) is 3. The molecule has 2 aromatic carbocycles. The van der Waals surface area contributed by atoms with Crippen molar-refractivity contribution in [1.82, 2.24) is 20.0 Å². The summed E-state index contributed by atoms with van der Waals surface area (Å²) in [5.74, 6) is 0. The second-order valence-electron chi connectivity index (χ2n) is 7.62. The average molecular weight is 377 g/mol. The number of β-amino-alcohol motifs (C(OH)–C–C–N with tert-alkyl or cyclic N) is 1. The van der Waals surface area contributed by atoms with Gasteiger partial charge in [-0.15, -0.1) is 0 Å². The zero-order valence-electron chi connectivity index (χ0n) is 16.3. The number of nitrogens with one attached hydrogen (secondary N) is 1. The number of benzene rings is 2. The van der Waals surface area contributed by atoms with Gasteiger partial charge >= 0.3 is 0 Å². The summed E-state index contributed by atoms with van der Waals surface area (Å²) < 4.78 is 1.91. The summed E-state index contributed by atoms with van der Waals surface area (Å²) in [6.07, 6.45) is 2.74. The maximum absolute atomic E-state index is 9.65. The summed E-state index contributed by atoms with van der Waals surface area (Å²) in [7, 11) is 0. The highest BCUT2D eigenvalue weighted by Gasteiger charge is 2.19. The Hall–Kier alpha value is -2.47. The van der Waals surface area contributed by atoms with Crippen LogP contribution in [-0.2, 0) is 13.1 Å². The first-order chi connectivity index (χ1) is 13.7. The number of likely N-dealkylation sites (tertiary alicyclic amines) is 1. The molecule has 1 fully saturated rings. The van der Waals surface area contributed by atoms with Crippen molar-refractivity contribution in [3.63, 3.8) is 0 Å². The number of rotatable bonds is 7. The van der Waals surface area contributed by atoms with Gasteiger partial charge in [0, 0.05) is 38.4 Å². The van der Waals surface area contributed by atoms with E-state index in [1.807, 2.05) is 29.1 Å². The lowest BCUT2D eigenvalue weighted by Gasteiger charge is -2.15. The summed E-state index contributed by atoms with van der Waals surface area (Å²) in [6.45, 7) is 5.64. The van der Waals surface area contributed by atoms with E-state index in [0.717, 1.165) is 44.0 Å². The van der Waals surface area contributed by atoms with Gasteiger partial charge in [0.15, 0.2) is 0 Å². The zero-order chi connectivity index (χ0) is 19.3. The maximum Gasteiger partial charge on any atom is 0.0795 e. The van der Waals surface area contributed by atoms with Crippen molar-refractivity contribution in [2.75, 3.05) is 13.1 Å². The minimum atomic E-state index is -0.157. The summed E-state index contributed by atoms with van der Waals surface area (Å²) in [5.41, 5.74) is 4.67. The van der Waals surface area contributed by atoms with Gasteiger partial charge in [0.2, 0.25) is 0 Å². The van der Waals surface area contributed by atoms with Gasteiger partial charge in [-0.1, -0.05) is 42.5 Å². The highest BCUT2D eigenvalue weighted by Crippen LogP contribution is 2.16. The molecule has 4 rings (SSSR count). The minimum absolute atomic E-state index is 0.157. The van der Waals surface area contributed by atoms with Crippen molar-refractivity contribution >= 4 is 0 Å². The van der Waals surface area contributed by atoms with Crippen molar-refractivity contribution in [3.05, 3.63) is 83.7 Å². The molecule has 2 N–H and O–H groups in total. The largest absolute Gasteiger partial charge is 0.392 e. The molecule has 1 aliphatic heterocycles. The second-order valence-corrected chi connectivity index (χ2v) is 7.62. The summed E-state index contributed by atoms with van der Waals surface area (Å²) in [5, 5.41) is 17.9. The molecule has 1 aliphatic rings. The molecule has 2 atom stereocenters. The lowest BCUT2D eigenvalue weighted by molar-refractivity contribution is 0.175. The molecule has 0 bridgehead atoms. The van der Waals surface area contributed by atoms with Crippen LogP contribution in [0.25, 0.3) is 5.69 Å². The van der Waals surface area contributed by atoms with Crippen molar-refractivity contribution < 1.29 is 5.11 Å². The van der Waals surface area contributed by atoms with Crippen molar-refractivity contribution in [2.24, 2.45) is 0 Å². The molecule has 0 radical (unpaired) electrons. The lowest BCUT2D eigenvalue weighted by Crippen LogP contribution is -2.21. The summed E-state index contributed by atoms with van der Waals surface area (Å²) in [6, 6.07) is 21.2. The third kappa shape index (κ3) is 4.68. The number of aromatic nitrogens is 2. The Morgan fingerprint density at radius 3 is 2.54 bits per heavy atom. The van der Waals surface area contributed by atoms with E-state index in [0.29, 0.717) is 0 Å². The van der Waals surface area contributed by atoms with E-state index in [1.165, 1.54) is 11.1 Å². The van der Waals surface area contributed by atoms with Gasteiger partial charge in [0.1, 0.15) is 0 Å². The van der Waals surface area contributed by atoms with Gasteiger partial charge in [-0.2, -0.15) is 5.10 Å². The molecule has 0 amide bonds. The molecule has 0 spiro atoms. The Morgan fingerprint density at radius 2 is 1.82 bits per heavy atom. The minimum Gasteiger partial charge on any atom is -0.392 e. The molecule has 1 aromatic heterocycles. The van der Waals surface area contributed by atoms with Crippen LogP contribution in [0.4, 0.5) is 0 Å². The molecule has 5 heteroatoms. The molecule has 2 unspecified atom stereocenters. The highest BCUT2D eigenvalue weighted by atomic mass is 16.3. The predicted molar refractivity (Wildman–Crippen MR) is 111 cm³/mol. The normalized spacial score (nSPS) is 18.4. The molecule has 5 nitrogen and oxygen atoms in total. The first-order valence-corrected chi connectivity index (χ1v) is 10.00. The highest BCUT2D eigenvalue weighted by molar-refractivity contribution is 5.30. The molecule has 1 saturated heterocycles. The van der Waals surface area contributed by atoms with Crippen LogP contribution in [0.1, 0.15) is 36.2 Å². The molecule has 28 heavy (non-hydrogen) atoms. The Kier molecular flexibility index (Phi) is 5.86. The molecular weight excluding hydrogens is 348 g/mol. The van der Waals surface area contributed by atoms with E-state index in [9.17, 15) is 5.11 Å². The van der Waals surface area contributed by atoms with Crippen LogP contribution >= 0.6 is 0 Å². The van der Waals surface area contributed by atoms with Crippen LogP contribution < -0.4 is 5.32 Å². The quantitative estimate of drug-likeness (QED) is 0.664. The van der Waals surface area contributed by atoms with Crippen molar-refractivity contribution in [2.45, 2.75) is 38.6 Å². The number of para-hydroxylation sites is 1. The standard InChI is InChI=1S/C23H28N4O/c1-18(23-12-14-27(25-23)21-5-3-2-4-6-21)24-15-19-7-9-20(10-8-19)16-26-13-11-22(28)17-26/h2-10,12,14,18,22,24,28H,11,13,15-17H2,1H3. The van der Waals surface area contributed by atoms with Crippen molar-refractivity contribution in [3.8, 4) is 5.69 Å². The molecule has 146 valence electrons. The van der Waals surface area contributed by atoms with E-state index in [1.54, 1.807) is 0 Å². The van der Waals surface area contributed by atoms with Gasteiger partial charge < -0.3 is 10.4 Å². The Bertz CT molecular complexity index is 875. The number of hydrogen-bond donors (Lipinski definition) is 2. The van der Waals surface area contributed by atoms with Gasteiger partial charge in [0.25, 0.3) is 0 Å². The van der Waals surface area contributed by atoms with Crippen LogP contribution in [-0.4, -0.2) is 39.0 Å². The number of aliphatic hydroxyl groups excluding tert-OH is 1. The van der Waals surface area contributed by atoms with Gasteiger partial charge in [-0.25, -0.2) is 4.68 Å². The lowest BCUT2D eigenvalue weighted by atomic mass is 10.1. The van der Waals surface area contributed by atoms with Crippen LogP contribution in [0.5, 0.6) is 0 Å². The fraction of sp³-hybridized carbons (Fsp3) is 0.348. The van der Waals surface area contributed by atoms with Gasteiger partial charge in [0.05, 0.1) is 17.5 Å². The zero-order valence-corrected chi connectivity index (χ0v) is 16.3. The first kappa shape index (κ1) is 18.9. The molecule has 3 aromatic rings. The first-order valence-electron chi connectivity index (χ1n) is 10.00. The summed E-state index contributed by atoms with van der Waals surface area (Å²) >= 11 is 0. The van der Waals surface area contributed by atoms with Crippen molar-refractivity contribution in [1.29, 1.82) is 0 Å². The fourth-order valence-electron chi connectivity index (χ4n) is 3.65. The van der Waals surface area contributed by atoms with E-state index >= 15 is 0 Å². The van der Waals surface area contributed by atoms with Gasteiger partial charge in [-0.3, -0.25) is 4.90 Å². The third-order valence-corrected chi connectivity index (χ3v) is 5.36. The topological polar surface area (TPSA) is 53.3 Å². The Morgan fingerprint density at radius 1 is 1.07 bits per heavy atom. The Labute approximate surface area is 166 Å². The third-order valence-electron chi connectivity index (χ3n) is 5.36. The molecule has 0 aliphatic carbocycles. The Balaban J connectivity index is 1.30.